The van der Waals surface area contributed by atoms with Crippen LogP contribution in [0.25, 0.3) is 0 Å². The Morgan fingerprint density at radius 3 is 2.41 bits per heavy atom. The van der Waals surface area contributed by atoms with Gasteiger partial charge in [0.1, 0.15) is 5.75 Å². The summed E-state index contributed by atoms with van der Waals surface area (Å²) < 4.78 is 9.87. The van der Waals surface area contributed by atoms with Gasteiger partial charge in [0.25, 0.3) is 5.91 Å². The molecule has 0 spiro atoms. The minimum atomic E-state index is -0.668. The van der Waals surface area contributed by atoms with Gasteiger partial charge in [0.2, 0.25) is 0 Å². The molecule has 2 aromatic rings. The minimum Gasteiger partial charge on any atom is -0.482 e. The quantitative estimate of drug-likeness (QED) is 0.762. The zero-order valence-corrected chi connectivity index (χ0v) is 15.8. The van der Waals surface area contributed by atoms with Crippen LogP contribution in [0, 0.1) is 13.8 Å². The van der Waals surface area contributed by atoms with Crippen molar-refractivity contribution in [1.29, 1.82) is 0 Å². The number of ether oxygens (including phenoxy) is 2. The van der Waals surface area contributed by atoms with Crippen LogP contribution >= 0.6 is 11.6 Å². The number of rotatable bonds is 5. The summed E-state index contributed by atoms with van der Waals surface area (Å²) in [5.74, 6) is -0.984. The Morgan fingerprint density at radius 1 is 1.04 bits per heavy atom. The van der Waals surface area contributed by atoms with E-state index in [2.05, 4.69) is 15.4 Å². The standard InChI is InChI=1S/C19H19ClN2O5/c1-11-4-6-14(8-12(11)2)21-19(25)22-17(23)10-27-16-7-5-13(9-15(16)20)18(24)26-3/h4-9H,10H2,1-3H3,(H2,21,22,23,25). The number of halogens is 1. The molecule has 0 atom stereocenters. The topological polar surface area (TPSA) is 93.7 Å². The van der Waals surface area contributed by atoms with Crippen LogP contribution in [0.15, 0.2) is 36.4 Å². The van der Waals surface area contributed by atoms with Crippen molar-refractivity contribution in [2.75, 3.05) is 19.0 Å². The van der Waals surface area contributed by atoms with Crippen molar-refractivity contribution in [3.05, 3.63) is 58.1 Å². The first kappa shape index (κ1) is 20.3. The van der Waals surface area contributed by atoms with Crippen LogP contribution in [0.2, 0.25) is 5.02 Å². The Morgan fingerprint density at radius 2 is 1.78 bits per heavy atom. The molecule has 142 valence electrons. The summed E-state index contributed by atoms with van der Waals surface area (Å²) in [6.45, 7) is 3.47. The lowest BCUT2D eigenvalue weighted by molar-refractivity contribution is -0.121. The number of carbonyl (C=O) groups is 3. The summed E-state index contributed by atoms with van der Waals surface area (Å²) in [5.41, 5.74) is 2.95. The predicted molar refractivity (Wildman–Crippen MR) is 101 cm³/mol. The van der Waals surface area contributed by atoms with E-state index < -0.39 is 24.5 Å². The van der Waals surface area contributed by atoms with Gasteiger partial charge in [-0.15, -0.1) is 0 Å². The van der Waals surface area contributed by atoms with Crippen LogP contribution < -0.4 is 15.4 Å². The third kappa shape index (κ3) is 5.72. The SMILES string of the molecule is COC(=O)c1ccc(OCC(=O)NC(=O)Nc2ccc(C)c(C)c2)c(Cl)c1. The second-order valence-corrected chi connectivity index (χ2v) is 6.13. The van der Waals surface area contributed by atoms with E-state index in [0.717, 1.165) is 11.1 Å². The second kappa shape index (κ2) is 9.05. The third-order valence-electron chi connectivity index (χ3n) is 3.73. The molecule has 2 aromatic carbocycles. The van der Waals surface area contributed by atoms with E-state index in [1.165, 1.54) is 25.3 Å². The lowest BCUT2D eigenvalue weighted by Crippen LogP contribution is -2.37. The molecule has 3 amide bonds. The largest absolute Gasteiger partial charge is 0.482 e. The lowest BCUT2D eigenvalue weighted by atomic mass is 10.1. The number of aryl methyl sites for hydroxylation is 2. The minimum absolute atomic E-state index is 0.144. The maximum atomic E-state index is 11.9. The second-order valence-electron chi connectivity index (χ2n) is 5.73. The van der Waals surface area contributed by atoms with E-state index in [9.17, 15) is 14.4 Å². The Balaban J connectivity index is 1.87. The number of esters is 1. The van der Waals surface area contributed by atoms with Gasteiger partial charge in [0.05, 0.1) is 17.7 Å². The van der Waals surface area contributed by atoms with E-state index in [1.54, 1.807) is 12.1 Å². The molecule has 0 aromatic heterocycles. The number of urea groups is 1. The zero-order valence-electron chi connectivity index (χ0n) is 15.1. The maximum absolute atomic E-state index is 11.9. The molecule has 0 aliphatic heterocycles. The van der Waals surface area contributed by atoms with Crippen molar-refractivity contribution in [1.82, 2.24) is 5.32 Å². The van der Waals surface area contributed by atoms with E-state index in [-0.39, 0.29) is 16.3 Å². The van der Waals surface area contributed by atoms with E-state index in [0.29, 0.717) is 5.69 Å². The van der Waals surface area contributed by atoms with Crippen molar-refractivity contribution < 1.29 is 23.9 Å². The Hall–Kier alpha value is -3.06. The summed E-state index contributed by atoms with van der Waals surface area (Å²) in [6.07, 6.45) is 0. The highest BCUT2D eigenvalue weighted by Gasteiger charge is 2.13. The van der Waals surface area contributed by atoms with E-state index in [1.807, 2.05) is 19.9 Å². The van der Waals surface area contributed by atoms with Gasteiger partial charge in [0, 0.05) is 5.69 Å². The molecule has 0 saturated heterocycles. The van der Waals surface area contributed by atoms with Gasteiger partial charge in [-0.05, 0) is 55.3 Å². The molecule has 0 aliphatic carbocycles. The molecule has 0 bridgehead atoms. The van der Waals surface area contributed by atoms with Crippen LogP contribution in [0.3, 0.4) is 0 Å². The number of carbonyl (C=O) groups excluding carboxylic acids is 3. The highest BCUT2D eigenvalue weighted by molar-refractivity contribution is 6.32. The fraction of sp³-hybridized carbons (Fsp3) is 0.211. The molecule has 0 saturated carbocycles. The van der Waals surface area contributed by atoms with Gasteiger partial charge in [-0.1, -0.05) is 17.7 Å². The number of nitrogens with one attached hydrogen (secondary N) is 2. The van der Waals surface area contributed by atoms with Crippen molar-refractivity contribution in [2.45, 2.75) is 13.8 Å². The summed E-state index contributed by atoms with van der Waals surface area (Å²) in [7, 11) is 1.26. The predicted octanol–water partition coefficient (Wildman–Crippen LogP) is 3.47. The van der Waals surface area contributed by atoms with Gasteiger partial charge in [-0.3, -0.25) is 10.1 Å². The number of benzene rings is 2. The first-order chi connectivity index (χ1) is 12.8. The molecular formula is C19H19ClN2O5. The monoisotopic (exact) mass is 390 g/mol. The molecule has 0 heterocycles. The Kier molecular flexibility index (Phi) is 6.79. The van der Waals surface area contributed by atoms with Crippen molar-refractivity contribution >= 4 is 35.2 Å². The van der Waals surface area contributed by atoms with Gasteiger partial charge < -0.3 is 14.8 Å². The van der Waals surface area contributed by atoms with Gasteiger partial charge >= 0.3 is 12.0 Å². The highest BCUT2D eigenvalue weighted by atomic mass is 35.5. The van der Waals surface area contributed by atoms with Crippen LogP contribution in [-0.4, -0.2) is 31.6 Å². The van der Waals surface area contributed by atoms with Crippen LogP contribution in [0.5, 0.6) is 5.75 Å². The van der Waals surface area contributed by atoms with Crippen LogP contribution in [-0.2, 0) is 9.53 Å². The normalized spacial score (nSPS) is 10.1. The zero-order chi connectivity index (χ0) is 20.0. The number of amides is 3. The number of hydrogen-bond donors (Lipinski definition) is 2. The van der Waals surface area contributed by atoms with Crippen LogP contribution in [0.1, 0.15) is 21.5 Å². The smallest absolute Gasteiger partial charge is 0.337 e. The third-order valence-corrected chi connectivity index (χ3v) is 4.02. The van der Waals surface area contributed by atoms with Crippen molar-refractivity contribution in [3.63, 3.8) is 0 Å². The highest BCUT2D eigenvalue weighted by Crippen LogP contribution is 2.25. The van der Waals surface area contributed by atoms with Gasteiger partial charge in [-0.2, -0.15) is 0 Å². The molecule has 0 fully saturated rings. The van der Waals surface area contributed by atoms with Gasteiger partial charge in [-0.25, -0.2) is 9.59 Å². The van der Waals surface area contributed by atoms with Crippen LogP contribution in [0.4, 0.5) is 10.5 Å². The first-order valence-electron chi connectivity index (χ1n) is 7.99. The summed E-state index contributed by atoms with van der Waals surface area (Å²) in [5, 5.41) is 4.88. The molecule has 0 unspecified atom stereocenters. The molecule has 2 N–H and O–H groups in total. The van der Waals surface area contributed by atoms with Crippen molar-refractivity contribution in [2.24, 2.45) is 0 Å². The average molecular weight is 391 g/mol. The van der Waals surface area contributed by atoms with E-state index in [4.69, 9.17) is 16.3 Å². The lowest BCUT2D eigenvalue weighted by Gasteiger charge is -2.10. The number of anilines is 1. The summed E-state index contributed by atoms with van der Waals surface area (Å²) in [4.78, 5) is 35.2. The number of hydrogen-bond acceptors (Lipinski definition) is 5. The first-order valence-corrected chi connectivity index (χ1v) is 8.36. The molecule has 0 aliphatic rings. The maximum Gasteiger partial charge on any atom is 0.337 e. The average Bonchev–Trinajstić information content (AvgIpc) is 2.62. The fourth-order valence-electron chi connectivity index (χ4n) is 2.15. The molecule has 7 nitrogen and oxygen atoms in total. The molecular weight excluding hydrogens is 372 g/mol. The Bertz CT molecular complexity index is 882. The fourth-order valence-corrected chi connectivity index (χ4v) is 2.39. The van der Waals surface area contributed by atoms with Crippen molar-refractivity contribution in [3.8, 4) is 5.75 Å². The Labute approximate surface area is 161 Å². The number of methoxy groups -OCH3 is 1. The molecule has 27 heavy (non-hydrogen) atoms. The molecule has 8 heteroatoms. The van der Waals surface area contributed by atoms with E-state index >= 15 is 0 Å². The van der Waals surface area contributed by atoms with Gasteiger partial charge in [0.15, 0.2) is 6.61 Å². The summed E-state index contributed by atoms with van der Waals surface area (Å²) >= 11 is 6.01. The molecule has 0 radical (unpaired) electrons. The molecule has 2 rings (SSSR count). The summed E-state index contributed by atoms with van der Waals surface area (Å²) in [6, 6.07) is 9.01. The number of imide groups is 1.